The molecule has 0 aromatic carbocycles. The first-order valence-corrected chi connectivity index (χ1v) is 2.47. The second-order valence-electron chi connectivity index (χ2n) is 0.588. The quantitative estimate of drug-likeness (QED) is 0.488. The van der Waals surface area contributed by atoms with Gasteiger partial charge in [-0.05, 0) is 0 Å². The van der Waals surface area contributed by atoms with Crippen LogP contribution < -0.4 is 0 Å². The zero-order valence-electron chi connectivity index (χ0n) is 3.40. The van der Waals surface area contributed by atoms with Crippen molar-refractivity contribution in [2.24, 2.45) is 0 Å². The summed E-state index contributed by atoms with van der Waals surface area (Å²) in [5.41, 5.74) is 0. The molecule has 0 heterocycles. The predicted octanol–water partition coefficient (Wildman–Crippen LogP) is 1.08. The minimum atomic E-state index is 1.21. The second kappa shape index (κ2) is 4.75. The molecule has 0 aromatic rings. The summed E-state index contributed by atoms with van der Waals surface area (Å²) in [4.78, 5) is 3.61. The van der Waals surface area contributed by atoms with Gasteiger partial charge in [0.1, 0.15) is 0 Å². The van der Waals surface area contributed by atoms with Crippen LogP contribution in [0.1, 0.15) is 6.92 Å². The molecule has 0 aliphatic heterocycles. The average Bonchev–Trinajstić information content (AvgIpc) is 1.61. The van der Waals surface area contributed by atoms with E-state index in [2.05, 4.69) is 0 Å². The van der Waals surface area contributed by atoms with Gasteiger partial charge in [0.25, 0.3) is 0 Å². The summed E-state index contributed by atoms with van der Waals surface area (Å²) in [5.74, 6) is 0. The summed E-state index contributed by atoms with van der Waals surface area (Å²) in [5, 5.41) is 7.85. The first kappa shape index (κ1) is 5.75. The Balaban J connectivity index is 2.92. The van der Waals surface area contributed by atoms with Crippen molar-refractivity contribution in [2.45, 2.75) is 6.92 Å². The van der Waals surface area contributed by atoms with Crippen LogP contribution in [0.15, 0.2) is 11.1 Å². The van der Waals surface area contributed by atoms with Gasteiger partial charge in [-0.15, -0.1) is 0 Å². The van der Waals surface area contributed by atoms with Crippen molar-refractivity contribution in [2.75, 3.05) is 0 Å². The van der Waals surface area contributed by atoms with Gasteiger partial charge in [0, 0.05) is 0 Å². The Morgan fingerprint density at radius 3 is 2.67 bits per heavy atom. The van der Waals surface area contributed by atoms with Gasteiger partial charge in [-0.3, -0.25) is 0 Å². The first-order valence-electron chi connectivity index (χ1n) is 1.46. The Morgan fingerprint density at radius 1 is 1.83 bits per heavy atom. The summed E-state index contributed by atoms with van der Waals surface area (Å²) >= 11 is 1.21. The molecule has 37 valence electrons. The van der Waals surface area contributed by atoms with E-state index >= 15 is 0 Å². The molecule has 0 aliphatic carbocycles. The van der Waals surface area contributed by atoms with Crippen LogP contribution in [0.3, 0.4) is 0 Å². The topological polar surface area (TPSA) is 23.8 Å². The SMILES string of the molecule is CC=[CH][Cu][C]#N. The molecule has 0 spiro atoms. The Morgan fingerprint density at radius 2 is 2.50 bits per heavy atom. The van der Waals surface area contributed by atoms with E-state index in [1.165, 1.54) is 15.0 Å². The van der Waals surface area contributed by atoms with Gasteiger partial charge in [-0.2, -0.15) is 0 Å². The zero-order chi connectivity index (χ0) is 4.83. The van der Waals surface area contributed by atoms with Gasteiger partial charge in [-0.1, -0.05) is 0 Å². The predicted molar refractivity (Wildman–Crippen MR) is 20.4 cm³/mol. The first-order chi connectivity index (χ1) is 2.91. The van der Waals surface area contributed by atoms with E-state index < -0.39 is 0 Å². The molecule has 0 bridgehead atoms. The molecule has 0 amide bonds. The number of hydrogen-bond acceptors (Lipinski definition) is 1. The molecule has 0 saturated carbocycles. The third kappa shape index (κ3) is 3.75. The second-order valence-corrected chi connectivity index (χ2v) is 1.38. The standard InChI is InChI=1S/C3H5.CN.Cu/c1-3-2;1-2;/h1,3H,2H3;;. The molecule has 0 unspecified atom stereocenters. The molecule has 0 rings (SSSR count). The molecule has 1 nitrogen and oxygen atoms in total. The average molecular weight is 131 g/mol. The van der Waals surface area contributed by atoms with Crippen LogP contribution >= 0.6 is 0 Å². The Labute approximate surface area is 43.8 Å². The van der Waals surface area contributed by atoms with Crippen LogP contribution in [0.4, 0.5) is 0 Å². The van der Waals surface area contributed by atoms with Crippen LogP contribution in [-0.4, -0.2) is 0 Å². The maximum atomic E-state index is 7.85. The molecule has 0 aromatic heterocycles. The molecule has 0 aliphatic rings. The van der Waals surface area contributed by atoms with E-state index in [1.807, 2.05) is 18.0 Å². The van der Waals surface area contributed by atoms with Crippen LogP contribution in [0, 0.1) is 10.2 Å². The van der Waals surface area contributed by atoms with Gasteiger partial charge in [0.2, 0.25) is 0 Å². The number of allylic oxidation sites excluding steroid dienone is 1. The van der Waals surface area contributed by atoms with Crippen molar-refractivity contribution in [3.63, 3.8) is 0 Å². The van der Waals surface area contributed by atoms with Crippen molar-refractivity contribution in [3.8, 4) is 4.97 Å². The fourth-order valence-corrected chi connectivity index (χ4v) is 0.300. The maximum absolute atomic E-state index is 7.85. The van der Waals surface area contributed by atoms with Crippen molar-refractivity contribution in [3.05, 3.63) is 11.1 Å². The summed E-state index contributed by atoms with van der Waals surface area (Å²) < 4.78 is 0. The van der Waals surface area contributed by atoms with Crippen molar-refractivity contribution >= 4 is 0 Å². The van der Waals surface area contributed by atoms with Crippen LogP contribution in [0.25, 0.3) is 0 Å². The third-order valence-electron chi connectivity index (χ3n) is 0.190. The van der Waals surface area contributed by atoms with E-state index in [0.29, 0.717) is 0 Å². The minimum absolute atomic E-state index is 1.21. The van der Waals surface area contributed by atoms with Crippen LogP contribution in [0.2, 0.25) is 0 Å². The summed E-state index contributed by atoms with van der Waals surface area (Å²) in [6.45, 7) is 1.88. The van der Waals surface area contributed by atoms with E-state index in [9.17, 15) is 0 Å². The van der Waals surface area contributed by atoms with Gasteiger partial charge in [0.05, 0.1) is 0 Å². The molecular formula is C4H5CuN. The summed E-state index contributed by atoms with van der Waals surface area (Å²) in [7, 11) is 0. The van der Waals surface area contributed by atoms with Crippen LogP contribution in [0.5, 0.6) is 0 Å². The number of hydrogen-bond donors (Lipinski definition) is 0. The Hall–Kier alpha value is -0.251. The van der Waals surface area contributed by atoms with Crippen molar-refractivity contribution < 1.29 is 15.0 Å². The van der Waals surface area contributed by atoms with Crippen LogP contribution in [-0.2, 0) is 15.0 Å². The van der Waals surface area contributed by atoms with E-state index in [1.54, 1.807) is 4.97 Å². The molecule has 0 saturated heterocycles. The fourth-order valence-electron chi connectivity index (χ4n) is 0.0727. The van der Waals surface area contributed by atoms with Gasteiger partial charge >= 0.3 is 43.2 Å². The number of nitrogens with zero attached hydrogens (tertiary/aromatic N) is 1. The van der Waals surface area contributed by atoms with Gasteiger partial charge in [-0.25, -0.2) is 0 Å². The Kier molecular flexibility index (Phi) is 4.55. The normalized spacial score (nSPS) is 9.33. The molecule has 0 radical (unpaired) electrons. The molecule has 0 N–H and O–H groups in total. The molecule has 0 fully saturated rings. The number of rotatable bonds is 1. The molecule has 6 heavy (non-hydrogen) atoms. The van der Waals surface area contributed by atoms with Crippen molar-refractivity contribution in [1.82, 2.24) is 0 Å². The fraction of sp³-hybridized carbons (Fsp3) is 0.250. The van der Waals surface area contributed by atoms with E-state index in [4.69, 9.17) is 5.26 Å². The summed E-state index contributed by atoms with van der Waals surface area (Å²) in [6.07, 6.45) is 1.82. The monoisotopic (exact) mass is 130 g/mol. The van der Waals surface area contributed by atoms with Gasteiger partial charge in [0.15, 0.2) is 0 Å². The molecule has 2 heteroatoms. The zero-order valence-corrected chi connectivity index (χ0v) is 4.35. The van der Waals surface area contributed by atoms with Crippen molar-refractivity contribution in [1.29, 1.82) is 5.26 Å². The summed E-state index contributed by atoms with van der Waals surface area (Å²) in [6, 6.07) is 0. The van der Waals surface area contributed by atoms with E-state index in [-0.39, 0.29) is 0 Å². The molecule has 0 atom stereocenters. The Bertz CT molecular complexity index is 80.0. The molecular weight excluding hydrogens is 126 g/mol. The van der Waals surface area contributed by atoms with E-state index in [0.717, 1.165) is 0 Å². The third-order valence-corrected chi connectivity index (χ3v) is 0.782. The number of nitriles is 1. The van der Waals surface area contributed by atoms with Gasteiger partial charge < -0.3 is 0 Å².